The van der Waals surface area contributed by atoms with Crippen molar-refractivity contribution in [3.05, 3.63) is 48.0 Å². The molecule has 2 rings (SSSR count). The number of rotatable bonds is 6. The van der Waals surface area contributed by atoms with Crippen LogP contribution < -0.4 is 5.32 Å². The van der Waals surface area contributed by atoms with Gasteiger partial charge in [-0.2, -0.15) is 0 Å². The number of thioether (sulfide) groups is 1. The molecule has 1 amide bonds. The second-order valence-electron chi connectivity index (χ2n) is 4.59. The van der Waals surface area contributed by atoms with E-state index < -0.39 is 0 Å². The van der Waals surface area contributed by atoms with Crippen LogP contribution in [0.5, 0.6) is 0 Å². The number of ether oxygens (including phenoxy) is 1. The Bertz CT molecular complexity index is 662. The Hall–Kier alpha value is -2.41. The fraction of sp³-hybridized carbons (Fsp3) is 0.250. The predicted molar refractivity (Wildman–Crippen MR) is 88.4 cm³/mol. The largest absolute Gasteiger partial charge is 0.465 e. The van der Waals surface area contributed by atoms with Gasteiger partial charge in [0.2, 0.25) is 0 Å². The molecule has 120 valence electrons. The Kier molecular flexibility index (Phi) is 6.10. The minimum absolute atomic E-state index is 0.250. The van der Waals surface area contributed by atoms with E-state index in [1.165, 1.54) is 11.8 Å². The molecule has 0 spiro atoms. The molecule has 1 atom stereocenters. The van der Waals surface area contributed by atoms with Gasteiger partial charge in [-0.1, -0.05) is 30.0 Å². The SMILES string of the molecule is CCOC(=O)C(C)Sc1ccc(NC(=O)c2ccccc2)nn1. The van der Waals surface area contributed by atoms with Gasteiger partial charge in [-0.3, -0.25) is 9.59 Å². The average Bonchev–Trinajstić information content (AvgIpc) is 2.57. The highest BCUT2D eigenvalue weighted by atomic mass is 32.2. The summed E-state index contributed by atoms with van der Waals surface area (Å²) >= 11 is 1.25. The van der Waals surface area contributed by atoms with Gasteiger partial charge >= 0.3 is 5.97 Å². The van der Waals surface area contributed by atoms with Crippen LogP contribution in [0.25, 0.3) is 0 Å². The van der Waals surface area contributed by atoms with Crippen LogP contribution in [0.1, 0.15) is 24.2 Å². The molecule has 23 heavy (non-hydrogen) atoms. The predicted octanol–water partition coefficient (Wildman–Crippen LogP) is 2.77. The van der Waals surface area contributed by atoms with Gasteiger partial charge in [0.25, 0.3) is 5.91 Å². The first kappa shape index (κ1) is 17.0. The van der Waals surface area contributed by atoms with Gasteiger partial charge in [-0.05, 0) is 38.1 Å². The molecule has 1 N–H and O–H groups in total. The third kappa shape index (κ3) is 5.07. The van der Waals surface area contributed by atoms with E-state index in [9.17, 15) is 9.59 Å². The number of esters is 1. The van der Waals surface area contributed by atoms with Crippen molar-refractivity contribution in [3.8, 4) is 0 Å². The Balaban J connectivity index is 1.94. The number of nitrogens with one attached hydrogen (secondary N) is 1. The molecular formula is C16H17N3O3S. The molecule has 0 fully saturated rings. The zero-order chi connectivity index (χ0) is 16.7. The van der Waals surface area contributed by atoms with Gasteiger partial charge in [0.1, 0.15) is 10.3 Å². The van der Waals surface area contributed by atoms with Crippen molar-refractivity contribution >= 4 is 29.5 Å². The van der Waals surface area contributed by atoms with Crippen molar-refractivity contribution < 1.29 is 14.3 Å². The second kappa shape index (κ2) is 8.28. The maximum atomic E-state index is 12.0. The number of hydrogen-bond donors (Lipinski definition) is 1. The summed E-state index contributed by atoms with van der Waals surface area (Å²) in [6.07, 6.45) is 0. The Morgan fingerprint density at radius 1 is 1.17 bits per heavy atom. The van der Waals surface area contributed by atoms with Crippen LogP contribution in [0.15, 0.2) is 47.5 Å². The number of anilines is 1. The van der Waals surface area contributed by atoms with Crippen molar-refractivity contribution in [1.82, 2.24) is 10.2 Å². The molecule has 1 unspecified atom stereocenters. The molecule has 0 aliphatic carbocycles. The number of carbonyl (C=O) groups is 2. The normalized spacial score (nSPS) is 11.6. The highest BCUT2D eigenvalue weighted by Crippen LogP contribution is 2.22. The third-order valence-corrected chi connectivity index (χ3v) is 3.84. The molecule has 0 aliphatic heterocycles. The molecule has 7 heteroatoms. The maximum Gasteiger partial charge on any atom is 0.319 e. The van der Waals surface area contributed by atoms with E-state index in [4.69, 9.17) is 4.74 Å². The lowest BCUT2D eigenvalue weighted by atomic mass is 10.2. The lowest BCUT2D eigenvalue weighted by Crippen LogP contribution is -2.17. The standard InChI is InChI=1S/C16H17N3O3S/c1-3-22-16(21)11(2)23-14-10-9-13(18-19-14)17-15(20)12-7-5-4-6-8-12/h4-11H,3H2,1-2H3,(H,17,18,20). The number of benzene rings is 1. The number of amides is 1. The van der Waals surface area contributed by atoms with Crippen LogP contribution in [0, 0.1) is 0 Å². The summed E-state index contributed by atoms with van der Waals surface area (Å²) < 4.78 is 4.94. The molecular weight excluding hydrogens is 314 g/mol. The van der Waals surface area contributed by atoms with Gasteiger partial charge in [-0.15, -0.1) is 10.2 Å². The molecule has 1 heterocycles. The monoisotopic (exact) mass is 331 g/mol. The van der Waals surface area contributed by atoms with E-state index in [2.05, 4.69) is 15.5 Å². The lowest BCUT2D eigenvalue weighted by molar-refractivity contribution is -0.142. The zero-order valence-electron chi connectivity index (χ0n) is 12.9. The topological polar surface area (TPSA) is 81.2 Å². The summed E-state index contributed by atoms with van der Waals surface area (Å²) in [5, 5.41) is 10.8. The summed E-state index contributed by atoms with van der Waals surface area (Å²) in [5.74, 6) is -0.187. The number of carbonyl (C=O) groups excluding carboxylic acids is 2. The summed E-state index contributed by atoms with van der Waals surface area (Å²) in [6.45, 7) is 3.86. The molecule has 0 saturated carbocycles. The van der Waals surface area contributed by atoms with E-state index in [0.717, 1.165) is 0 Å². The van der Waals surface area contributed by atoms with Crippen LogP contribution in [0.4, 0.5) is 5.82 Å². The third-order valence-electron chi connectivity index (χ3n) is 2.83. The molecule has 1 aromatic carbocycles. The minimum atomic E-state index is -0.367. The Morgan fingerprint density at radius 2 is 1.91 bits per heavy atom. The average molecular weight is 331 g/mol. The smallest absolute Gasteiger partial charge is 0.319 e. The van der Waals surface area contributed by atoms with Gasteiger partial charge in [0, 0.05) is 5.56 Å². The van der Waals surface area contributed by atoms with Crippen molar-refractivity contribution in [2.24, 2.45) is 0 Å². The van der Waals surface area contributed by atoms with E-state index in [1.54, 1.807) is 50.2 Å². The van der Waals surface area contributed by atoms with Gasteiger partial charge in [0.15, 0.2) is 5.82 Å². The summed E-state index contributed by atoms with van der Waals surface area (Å²) in [6, 6.07) is 12.2. The van der Waals surface area contributed by atoms with Crippen LogP contribution in [0.2, 0.25) is 0 Å². The summed E-state index contributed by atoms with van der Waals surface area (Å²) in [5.41, 5.74) is 0.545. The summed E-state index contributed by atoms with van der Waals surface area (Å²) in [7, 11) is 0. The minimum Gasteiger partial charge on any atom is -0.465 e. The molecule has 0 saturated heterocycles. The van der Waals surface area contributed by atoms with Crippen LogP contribution in [0.3, 0.4) is 0 Å². The molecule has 0 bridgehead atoms. The quantitative estimate of drug-likeness (QED) is 0.647. The van der Waals surface area contributed by atoms with E-state index in [1.807, 2.05) is 6.07 Å². The highest BCUT2D eigenvalue weighted by molar-refractivity contribution is 8.00. The van der Waals surface area contributed by atoms with E-state index >= 15 is 0 Å². The maximum absolute atomic E-state index is 12.0. The zero-order valence-corrected chi connectivity index (χ0v) is 13.7. The van der Waals surface area contributed by atoms with Crippen molar-refractivity contribution in [2.45, 2.75) is 24.1 Å². The van der Waals surface area contributed by atoms with E-state index in [0.29, 0.717) is 23.0 Å². The van der Waals surface area contributed by atoms with Crippen molar-refractivity contribution in [2.75, 3.05) is 11.9 Å². The second-order valence-corrected chi connectivity index (χ2v) is 5.95. The fourth-order valence-electron chi connectivity index (χ4n) is 1.72. The first-order valence-electron chi connectivity index (χ1n) is 7.13. The number of aromatic nitrogens is 2. The van der Waals surface area contributed by atoms with Crippen LogP contribution in [-0.2, 0) is 9.53 Å². The van der Waals surface area contributed by atoms with E-state index in [-0.39, 0.29) is 17.1 Å². The highest BCUT2D eigenvalue weighted by Gasteiger charge is 2.16. The van der Waals surface area contributed by atoms with Crippen molar-refractivity contribution in [1.29, 1.82) is 0 Å². The van der Waals surface area contributed by atoms with Crippen molar-refractivity contribution in [3.63, 3.8) is 0 Å². The van der Waals surface area contributed by atoms with Gasteiger partial charge in [0.05, 0.1) is 6.61 Å². The first-order valence-corrected chi connectivity index (χ1v) is 8.01. The molecule has 0 radical (unpaired) electrons. The number of hydrogen-bond acceptors (Lipinski definition) is 6. The molecule has 2 aromatic rings. The number of nitrogens with zero attached hydrogens (tertiary/aromatic N) is 2. The first-order chi connectivity index (χ1) is 11.1. The molecule has 6 nitrogen and oxygen atoms in total. The molecule has 0 aliphatic rings. The fourth-order valence-corrected chi connectivity index (χ4v) is 2.48. The van der Waals surface area contributed by atoms with Crippen LogP contribution in [-0.4, -0.2) is 33.9 Å². The lowest BCUT2D eigenvalue weighted by Gasteiger charge is -2.09. The Labute approximate surface area is 138 Å². The molecule has 1 aromatic heterocycles. The van der Waals surface area contributed by atoms with Gasteiger partial charge < -0.3 is 10.1 Å². The van der Waals surface area contributed by atoms with Crippen LogP contribution >= 0.6 is 11.8 Å². The summed E-state index contributed by atoms with van der Waals surface area (Å²) in [4.78, 5) is 23.6. The van der Waals surface area contributed by atoms with Gasteiger partial charge in [-0.25, -0.2) is 0 Å². The Morgan fingerprint density at radius 3 is 2.52 bits per heavy atom.